The predicted octanol–water partition coefficient (Wildman–Crippen LogP) is 3.41. The summed E-state index contributed by atoms with van der Waals surface area (Å²) < 4.78 is 11.9. The number of ether oxygens (including phenoxy) is 2. The highest BCUT2D eigenvalue weighted by Crippen LogP contribution is 2.30. The van der Waals surface area contributed by atoms with Crippen LogP contribution in [0.15, 0.2) is 24.3 Å². The second-order valence-corrected chi connectivity index (χ2v) is 15.4. The minimum atomic E-state index is -1.13. The van der Waals surface area contributed by atoms with Gasteiger partial charge in [0.25, 0.3) is 0 Å². The van der Waals surface area contributed by atoms with Crippen molar-refractivity contribution in [3.63, 3.8) is 0 Å². The van der Waals surface area contributed by atoms with Gasteiger partial charge in [0.1, 0.15) is 12.1 Å². The van der Waals surface area contributed by atoms with Gasteiger partial charge in [-0.3, -0.25) is 19.2 Å². The van der Waals surface area contributed by atoms with Gasteiger partial charge < -0.3 is 40.3 Å². The summed E-state index contributed by atoms with van der Waals surface area (Å²) in [4.78, 5) is 70.6. The second kappa shape index (κ2) is 21.4. The summed E-state index contributed by atoms with van der Waals surface area (Å²) in [6.45, 7) is 15.8. The van der Waals surface area contributed by atoms with E-state index in [4.69, 9.17) is 9.47 Å². The standard InChI is InChI=1S/C40H67N5O8/c1-13-25(6)35(44(10)39(49)34(24(4)5)43-38(48)33(41-9)23(2)3)31(52-11)22-32(46)45-20-16-19-30(45)36(53-12)27(8)37(47)42-29(40(50)51)21-28-18-15-14-17-26(28)7/h14-15,17-18,23-25,27,29-31,33-36,41H,13,16,19-22H2,1-12H3,(H,42,47)(H,43,48)(H,50,51)/t25-,27+,29-,30-,31+,33-,34-,35-,36+/m0/s1. The second-order valence-electron chi connectivity index (χ2n) is 15.4. The fourth-order valence-electron chi connectivity index (χ4n) is 7.61. The van der Waals surface area contributed by atoms with Crippen molar-refractivity contribution in [2.24, 2.45) is 23.7 Å². The smallest absolute Gasteiger partial charge is 0.326 e. The molecule has 9 atom stereocenters. The Morgan fingerprint density at radius 3 is 2.08 bits per heavy atom. The van der Waals surface area contributed by atoms with Crippen molar-refractivity contribution in [3.05, 3.63) is 35.4 Å². The zero-order chi connectivity index (χ0) is 40.2. The lowest BCUT2D eigenvalue weighted by Gasteiger charge is -2.41. The molecule has 1 aliphatic heterocycles. The van der Waals surface area contributed by atoms with E-state index in [0.717, 1.165) is 17.5 Å². The number of likely N-dealkylation sites (N-methyl/N-ethyl adjacent to an activating group) is 2. The van der Waals surface area contributed by atoms with E-state index < -0.39 is 60.2 Å². The Morgan fingerprint density at radius 2 is 1.57 bits per heavy atom. The number of carboxylic acids is 1. The Kier molecular flexibility index (Phi) is 18.4. The van der Waals surface area contributed by atoms with Crippen LogP contribution in [0.4, 0.5) is 0 Å². The lowest BCUT2D eigenvalue weighted by atomic mass is 9.89. The predicted molar refractivity (Wildman–Crippen MR) is 205 cm³/mol. The highest BCUT2D eigenvalue weighted by Gasteiger charge is 2.43. The molecule has 13 heteroatoms. The first-order valence-corrected chi connectivity index (χ1v) is 19.1. The summed E-state index contributed by atoms with van der Waals surface area (Å²) in [6.07, 6.45) is 0.817. The number of carbonyl (C=O) groups excluding carboxylic acids is 4. The normalized spacial score (nSPS) is 19.1. The number of aliphatic carboxylic acids is 1. The lowest BCUT2D eigenvalue weighted by molar-refractivity contribution is -0.148. The average molecular weight is 746 g/mol. The molecular formula is C40H67N5O8. The monoisotopic (exact) mass is 745 g/mol. The number of hydrogen-bond acceptors (Lipinski definition) is 8. The number of benzene rings is 1. The number of rotatable bonds is 21. The van der Waals surface area contributed by atoms with Gasteiger partial charge in [0, 0.05) is 34.2 Å². The van der Waals surface area contributed by atoms with Gasteiger partial charge in [-0.05, 0) is 55.7 Å². The van der Waals surface area contributed by atoms with Gasteiger partial charge in [0.2, 0.25) is 23.6 Å². The molecule has 0 spiro atoms. The van der Waals surface area contributed by atoms with E-state index >= 15 is 0 Å². The molecule has 1 fully saturated rings. The fourth-order valence-corrected chi connectivity index (χ4v) is 7.61. The van der Waals surface area contributed by atoms with Crippen molar-refractivity contribution in [3.8, 4) is 0 Å². The number of likely N-dealkylation sites (tertiary alicyclic amines) is 1. The van der Waals surface area contributed by atoms with Crippen molar-refractivity contribution >= 4 is 29.6 Å². The summed E-state index contributed by atoms with van der Waals surface area (Å²) in [6, 6.07) is 4.19. The van der Waals surface area contributed by atoms with Crippen molar-refractivity contribution in [1.29, 1.82) is 0 Å². The van der Waals surface area contributed by atoms with E-state index in [1.807, 2.05) is 72.7 Å². The first-order valence-electron chi connectivity index (χ1n) is 19.1. The third-order valence-electron chi connectivity index (χ3n) is 11.0. The molecule has 300 valence electrons. The largest absolute Gasteiger partial charge is 0.480 e. The molecular weight excluding hydrogens is 678 g/mol. The van der Waals surface area contributed by atoms with Crippen LogP contribution in [0.5, 0.6) is 0 Å². The molecule has 0 aliphatic carbocycles. The molecule has 4 amide bonds. The number of nitrogens with zero attached hydrogens (tertiary/aromatic N) is 2. The number of aryl methyl sites for hydroxylation is 1. The molecule has 1 aliphatic rings. The summed E-state index contributed by atoms with van der Waals surface area (Å²) in [5.41, 5.74) is 1.77. The Bertz CT molecular complexity index is 1370. The molecule has 0 bridgehead atoms. The van der Waals surface area contributed by atoms with Gasteiger partial charge >= 0.3 is 5.97 Å². The van der Waals surface area contributed by atoms with Gasteiger partial charge in [-0.25, -0.2) is 4.79 Å². The lowest BCUT2D eigenvalue weighted by Crippen LogP contribution is -2.59. The summed E-state index contributed by atoms with van der Waals surface area (Å²) >= 11 is 0. The van der Waals surface area contributed by atoms with Crippen molar-refractivity contribution in [2.45, 2.75) is 130 Å². The number of hydrogen-bond donors (Lipinski definition) is 4. The summed E-state index contributed by atoms with van der Waals surface area (Å²) in [7, 11) is 6.46. The maximum atomic E-state index is 14.2. The van der Waals surface area contributed by atoms with Crippen LogP contribution in [-0.4, -0.2) is 122 Å². The van der Waals surface area contributed by atoms with Crippen LogP contribution >= 0.6 is 0 Å². The number of methoxy groups -OCH3 is 2. The molecule has 0 aromatic heterocycles. The van der Waals surface area contributed by atoms with E-state index in [2.05, 4.69) is 16.0 Å². The topological polar surface area (TPSA) is 167 Å². The fraction of sp³-hybridized carbons (Fsp3) is 0.725. The van der Waals surface area contributed by atoms with Crippen LogP contribution in [0, 0.1) is 30.6 Å². The molecule has 2 rings (SSSR count). The van der Waals surface area contributed by atoms with E-state index in [0.29, 0.717) is 19.4 Å². The van der Waals surface area contributed by atoms with Crippen LogP contribution < -0.4 is 16.0 Å². The van der Waals surface area contributed by atoms with Crippen molar-refractivity contribution in [2.75, 3.05) is 34.9 Å². The highest BCUT2D eigenvalue weighted by molar-refractivity contribution is 5.90. The minimum Gasteiger partial charge on any atom is -0.480 e. The van der Waals surface area contributed by atoms with E-state index in [-0.39, 0.29) is 48.3 Å². The maximum absolute atomic E-state index is 14.2. The van der Waals surface area contributed by atoms with Crippen LogP contribution in [0.1, 0.15) is 85.3 Å². The molecule has 1 aromatic carbocycles. The van der Waals surface area contributed by atoms with E-state index in [1.54, 1.807) is 30.8 Å². The van der Waals surface area contributed by atoms with Crippen LogP contribution in [0.2, 0.25) is 0 Å². The molecule has 1 saturated heterocycles. The van der Waals surface area contributed by atoms with Gasteiger partial charge in [-0.1, -0.05) is 79.2 Å². The average Bonchev–Trinajstić information content (AvgIpc) is 3.60. The SMILES string of the molecule is CC[C@H](C)[C@@H]([C@@H](CC(=O)N1CCC[C@H]1[C@H](OC)[C@@H](C)C(=O)N[C@@H](Cc1ccccc1C)C(=O)O)OC)N(C)C(=O)[C@@H](NC(=O)[C@@H](NC)C(C)C)C(C)C. The number of nitrogens with one attached hydrogen (secondary N) is 3. The van der Waals surface area contributed by atoms with Gasteiger partial charge in [-0.2, -0.15) is 0 Å². The van der Waals surface area contributed by atoms with Crippen LogP contribution in [0.3, 0.4) is 0 Å². The highest BCUT2D eigenvalue weighted by atomic mass is 16.5. The maximum Gasteiger partial charge on any atom is 0.326 e. The Labute approximate surface area is 317 Å². The first-order chi connectivity index (χ1) is 24.9. The Hall–Kier alpha value is -3.55. The van der Waals surface area contributed by atoms with E-state index in [1.165, 1.54) is 14.2 Å². The van der Waals surface area contributed by atoms with Crippen molar-refractivity contribution in [1.82, 2.24) is 25.8 Å². The Balaban J connectivity index is 2.27. The molecule has 1 aromatic rings. The number of amides is 4. The quantitative estimate of drug-likeness (QED) is 0.148. The summed E-state index contributed by atoms with van der Waals surface area (Å²) in [5.74, 6) is -3.26. The third-order valence-corrected chi connectivity index (χ3v) is 11.0. The van der Waals surface area contributed by atoms with Crippen LogP contribution in [0.25, 0.3) is 0 Å². The molecule has 0 radical (unpaired) electrons. The number of carbonyl (C=O) groups is 5. The zero-order valence-corrected chi connectivity index (χ0v) is 34.1. The minimum absolute atomic E-state index is 0.0119. The van der Waals surface area contributed by atoms with Gasteiger partial charge in [-0.15, -0.1) is 0 Å². The third kappa shape index (κ3) is 12.0. The van der Waals surface area contributed by atoms with Crippen LogP contribution in [-0.2, 0) is 39.9 Å². The molecule has 4 N–H and O–H groups in total. The molecule has 0 saturated carbocycles. The first kappa shape index (κ1) is 45.6. The van der Waals surface area contributed by atoms with Gasteiger partial charge in [0.05, 0.1) is 42.7 Å². The Morgan fingerprint density at radius 1 is 0.943 bits per heavy atom. The summed E-state index contributed by atoms with van der Waals surface area (Å²) in [5, 5.41) is 18.7. The molecule has 0 unspecified atom stereocenters. The molecule has 53 heavy (non-hydrogen) atoms. The molecule has 1 heterocycles. The van der Waals surface area contributed by atoms with E-state index in [9.17, 15) is 29.1 Å². The van der Waals surface area contributed by atoms with Crippen molar-refractivity contribution < 1.29 is 38.6 Å². The zero-order valence-electron chi connectivity index (χ0n) is 34.1. The molecule has 13 nitrogen and oxygen atoms in total. The number of carboxylic acid groups (broad SMARTS) is 1. The van der Waals surface area contributed by atoms with Gasteiger partial charge in [0.15, 0.2) is 0 Å².